The predicted octanol–water partition coefficient (Wildman–Crippen LogP) is 1.30. The molecule has 3 N–H and O–H groups in total. The minimum absolute atomic E-state index is 0.122. The Morgan fingerprint density at radius 2 is 1.88 bits per heavy atom. The highest BCUT2D eigenvalue weighted by Crippen LogP contribution is 2.31. The van der Waals surface area contributed by atoms with Crippen molar-refractivity contribution in [3.8, 4) is 0 Å². The molecule has 132 valence electrons. The zero-order chi connectivity index (χ0) is 17.0. The predicted molar refractivity (Wildman–Crippen MR) is 89.1 cm³/mol. The molecular weight excluding hydrogens is 308 g/mol. The zero-order valence-electron chi connectivity index (χ0n) is 14.0. The van der Waals surface area contributed by atoms with E-state index in [0.29, 0.717) is 32.5 Å². The van der Waals surface area contributed by atoms with Crippen molar-refractivity contribution in [3.05, 3.63) is 24.2 Å². The van der Waals surface area contributed by atoms with Crippen LogP contribution in [0.3, 0.4) is 0 Å². The molecule has 3 heterocycles. The fourth-order valence-corrected chi connectivity index (χ4v) is 3.81. The number of piperidine rings is 2. The Morgan fingerprint density at radius 3 is 2.46 bits per heavy atom. The molecule has 2 aliphatic rings. The van der Waals surface area contributed by atoms with E-state index in [2.05, 4.69) is 10.2 Å². The van der Waals surface area contributed by atoms with Crippen molar-refractivity contribution < 1.29 is 14.0 Å². The molecule has 0 atom stereocenters. The van der Waals surface area contributed by atoms with E-state index in [9.17, 15) is 9.59 Å². The quantitative estimate of drug-likeness (QED) is 0.868. The first-order valence-corrected chi connectivity index (χ1v) is 8.72. The fourth-order valence-electron chi connectivity index (χ4n) is 3.81. The van der Waals surface area contributed by atoms with Crippen LogP contribution >= 0.6 is 0 Å². The van der Waals surface area contributed by atoms with Gasteiger partial charge in [-0.1, -0.05) is 6.42 Å². The SMILES string of the molecule is NC(=O)C1(N2CCCCC2)CCN(C(=O)NCc2ccco2)CC1. The van der Waals surface area contributed by atoms with Crippen LogP contribution in [0, 0.1) is 0 Å². The number of carbonyl (C=O) groups excluding carboxylic acids is 2. The number of carbonyl (C=O) groups is 2. The van der Waals surface area contributed by atoms with Crippen LogP contribution in [0.2, 0.25) is 0 Å². The molecule has 0 spiro atoms. The lowest BCUT2D eigenvalue weighted by molar-refractivity contribution is -0.134. The van der Waals surface area contributed by atoms with Crippen molar-refractivity contribution >= 4 is 11.9 Å². The van der Waals surface area contributed by atoms with Gasteiger partial charge in [0.2, 0.25) is 5.91 Å². The lowest BCUT2D eigenvalue weighted by Crippen LogP contribution is -2.64. The van der Waals surface area contributed by atoms with Gasteiger partial charge in [0.25, 0.3) is 0 Å². The van der Waals surface area contributed by atoms with Crippen LogP contribution in [-0.2, 0) is 11.3 Å². The van der Waals surface area contributed by atoms with Gasteiger partial charge in [-0.3, -0.25) is 9.69 Å². The Balaban J connectivity index is 1.56. The van der Waals surface area contributed by atoms with Gasteiger partial charge in [-0.05, 0) is 50.9 Å². The van der Waals surface area contributed by atoms with Gasteiger partial charge in [0.1, 0.15) is 11.3 Å². The summed E-state index contributed by atoms with van der Waals surface area (Å²) < 4.78 is 5.21. The maximum absolute atomic E-state index is 12.3. The Kier molecular flexibility index (Phi) is 5.08. The number of furan rings is 1. The molecule has 1 aromatic heterocycles. The van der Waals surface area contributed by atoms with Gasteiger partial charge in [0, 0.05) is 13.1 Å². The summed E-state index contributed by atoms with van der Waals surface area (Å²) in [4.78, 5) is 28.5. The summed E-state index contributed by atoms with van der Waals surface area (Å²) >= 11 is 0. The fraction of sp³-hybridized carbons (Fsp3) is 0.647. The number of nitrogens with two attached hydrogens (primary N) is 1. The zero-order valence-corrected chi connectivity index (χ0v) is 14.0. The van der Waals surface area contributed by atoms with Crippen molar-refractivity contribution in [2.24, 2.45) is 5.73 Å². The van der Waals surface area contributed by atoms with Gasteiger partial charge in [-0.25, -0.2) is 4.79 Å². The molecule has 0 unspecified atom stereocenters. The second kappa shape index (κ2) is 7.25. The minimum Gasteiger partial charge on any atom is -0.467 e. The van der Waals surface area contributed by atoms with E-state index in [4.69, 9.17) is 10.2 Å². The first-order chi connectivity index (χ1) is 11.6. The normalized spacial score (nSPS) is 21.4. The van der Waals surface area contributed by atoms with Crippen molar-refractivity contribution in [2.75, 3.05) is 26.2 Å². The number of primary amides is 1. The molecule has 3 amide bonds. The molecule has 2 fully saturated rings. The number of hydrogen-bond acceptors (Lipinski definition) is 4. The minimum atomic E-state index is -0.585. The van der Waals surface area contributed by atoms with E-state index in [1.54, 1.807) is 17.2 Å². The molecule has 0 bridgehead atoms. The van der Waals surface area contributed by atoms with Gasteiger partial charge in [-0.2, -0.15) is 0 Å². The topological polar surface area (TPSA) is 91.8 Å². The molecule has 7 nitrogen and oxygen atoms in total. The molecule has 0 saturated carbocycles. The van der Waals surface area contributed by atoms with Crippen molar-refractivity contribution in [2.45, 2.75) is 44.2 Å². The van der Waals surface area contributed by atoms with Crippen molar-refractivity contribution in [1.82, 2.24) is 15.1 Å². The maximum Gasteiger partial charge on any atom is 0.317 e. The first-order valence-electron chi connectivity index (χ1n) is 8.72. The Hall–Kier alpha value is -2.02. The molecule has 2 saturated heterocycles. The van der Waals surface area contributed by atoms with Crippen LogP contribution in [0.1, 0.15) is 37.9 Å². The monoisotopic (exact) mass is 334 g/mol. The maximum atomic E-state index is 12.3. The van der Waals surface area contributed by atoms with E-state index < -0.39 is 5.54 Å². The average Bonchev–Trinajstić information content (AvgIpc) is 3.14. The van der Waals surface area contributed by atoms with E-state index >= 15 is 0 Å². The van der Waals surface area contributed by atoms with Crippen LogP contribution < -0.4 is 11.1 Å². The summed E-state index contributed by atoms with van der Waals surface area (Å²) in [5.74, 6) is 0.472. The smallest absolute Gasteiger partial charge is 0.317 e. The summed E-state index contributed by atoms with van der Waals surface area (Å²) in [7, 11) is 0. The second-order valence-corrected chi connectivity index (χ2v) is 6.67. The van der Waals surface area contributed by atoms with Gasteiger partial charge in [0.15, 0.2) is 0 Å². The van der Waals surface area contributed by atoms with Gasteiger partial charge >= 0.3 is 6.03 Å². The number of likely N-dealkylation sites (tertiary alicyclic amines) is 2. The molecule has 3 rings (SSSR count). The van der Waals surface area contributed by atoms with Crippen LogP contribution in [0.15, 0.2) is 22.8 Å². The van der Waals surface area contributed by atoms with Crippen molar-refractivity contribution in [1.29, 1.82) is 0 Å². The molecule has 0 radical (unpaired) electrons. The lowest BCUT2D eigenvalue weighted by atomic mass is 9.83. The number of nitrogens with zero attached hydrogens (tertiary/aromatic N) is 2. The van der Waals surface area contributed by atoms with Crippen LogP contribution in [0.4, 0.5) is 4.79 Å². The number of rotatable bonds is 4. The first kappa shape index (κ1) is 16.8. The summed E-state index contributed by atoms with van der Waals surface area (Å²) in [5.41, 5.74) is 5.18. The molecule has 2 aliphatic heterocycles. The highest BCUT2D eigenvalue weighted by atomic mass is 16.3. The largest absolute Gasteiger partial charge is 0.467 e. The third kappa shape index (κ3) is 3.40. The van der Waals surface area contributed by atoms with E-state index in [0.717, 1.165) is 31.7 Å². The summed E-state index contributed by atoms with van der Waals surface area (Å²) in [5, 5.41) is 2.85. The number of nitrogens with one attached hydrogen (secondary N) is 1. The van der Waals surface area contributed by atoms with Crippen molar-refractivity contribution in [3.63, 3.8) is 0 Å². The molecule has 7 heteroatoms. The van der Waals surface area contributed by atoms with Crippen LogP contribution in [0.5, 0.6) is 0 Å². The number of urea groups is 1. The molecule has 0 aromatic carbocycles. The molecule has 24 heavy (non-hydrogen) atoms. The third-order valence-corrected chi connectivity index (χ3v) is 5.29. The van der Waals surface area contributed by atoms with Gasteiger partial charge in [0.05, 0.1) is 12.8 Å². The Labute approximate surface area is 142 Å². The van der Waals surface area contributed by atoms with Crippen LogP contribution in [-0.4, -0.2) is 53.5 Å². The lowest BCUT2D eigenvalue weighted by Gasteiger charge is -2.48. The third-order valence-electron chi connectivity index (χ3n) is 5.29. The molecule has 1 aromatic rings. The van der Waals surface area contributed by atoms with Gasteiger partial charge in [-0.15, -0.1) is 0 Å². The second-order valence-electron chi connectivity index (χ2n) is 6.67. The Bertz CT molecular complexity index is 558. The highest BCUT2D eigenvalue weighted by Gasteiger charge is 2.45. The van der Waals surface area contributed by atoms with E-state index in [1.807, 2.05) is 6.07 Å². The van der Waals surface area contributed by atoms with Crippen LogP contribution in [0.25, 0.3) is 0 Å². The van der Waals surface area contributed by atoms with E-state index in [1.165, 1.54) is 6.42 Å². The summed E-state index contributed by atoms with van der Waals surface area (Å²) in [6, 6.07) is 3.50. The Morgan fingerprint density at radius 1 is 1.17 bits per heavy atom. The average molecular weight is 334 g/mol. The molecule has 0 aliphatic carbocycles. The number of hydrogen-bond donors (Lipinski definition) is 2. The highest BCUT2D eigenvalue weighted by molar-refractivity contribution is 5.85. The van der Waals surface area contributed by atoms with Gasteiger partial charge < -0.3 is 20.4 Å². The number of amides is 3. The standard InChI is InChI=1S/C17H26N4O3/c18-15(22)17(21-8-2-1-3-9-21)6-10-20(11-7-17)16(23)19-13-14-5-4-12-24-14/h4-5,12H,1-3,6-11,13H2,(H2,18,22)(H,19,23). The molecular formula is C17H26N4O3. The summed E-state index contributed by atoms with van der Waals surface area (Å²) in [6.07, 6.45) is 6.24. The van der Waals surface area contributed by atoms with E-state index in [-0.39, 0.29) is 11.9 Å². The summed E-state index contributed by atoms with van der Waals surface area (Å²) in [6.45, 7) is 3.31.